The van der Waals surface area contributed by atoms with E-state index < -0.39 is 0 Å². The van der Waals surface area contributed by atoms with Crippen LogP contribution in [0, 0.1) is 5.92 Å². The minimum Gasteiger partial charge on any atom is -0.450 e. The lowest BCUT2D eigenvalue weighted by molar-refractivity contribution is 0.0877. The third-order valence-electron chi connectivity index (χ3n) is 4.44. The van der Waals surface area contributed by atoms with Crippen LogP contribution in [-0.4, -0.2) is 94.7 Å². The van der Waals surface area contributed by atoms with Crippen molar-refractivity contribution in [1.29, 1.82) is 0 Å². The van der Waals surface area contributed by atoms with E-state index >= 15 is 0 Å². The first kappa shape index (κ1) is 19.8. The van der Waals surface area contributed by atoms with Crippen molar-refractivity contribution in [3.05, 3.63) is 0 Å². The second-order valence-corrected chi connectivity index (χ2v) is 6.31. The summed E-state index contributed by atoms with van der Waals surface area (Å²) in [6.07, 6.45) is 1.83. The van der Waals surface area contributed by atoms with Gasteiger partial charge in [0.1, 0.15) is 0 Å². The van der Waals surface area contributed by atoms with Crippen LogP contribution in [-0.2, 0) is 14.2 Å². The molecule has 2 fully saturated rings. The monoisotopic (exact) mass is 356 g/mol. The van der Waals surface area contributed by atoms with Crippen LogP contribution >= 0.6 is 0 Å². The van der Waals surface area contributed by atoms with Crippen LogP contribution in [0.25, 0.3) is 0 Å². The Morgan fingerprint density at radius 2 is 2.04 bits per heavy atom. The number of hydrogen-bond donors (Lipinski definition) is 1. The molecule has 1 N–H and O–H groups in total. The van der Waals surface area contributed by atoms with Crippen molar-refractivity contribution in [1.82, 2.24) is 15.1 Å². The molecule has 0 radical (unpaired) electrons. The Bertz CT molecular complexity index is 419. The molecule has 8 heteroatoms. The van der Waals surface area contributed by atoms with E-state index in [2.05, 4.69) is 15.2 Å². The van der Waals surface area contributed by atoms with Crippen molar-refractivity contribution >= 4 is 12.1 Å². The summed E-state index contributed by atoms with van der Waals surface area (Å²) in [7, 11) is 1.79. The molecule has 8 nitrogen and oxygen atoms in total. The lowest BCUT2D eigenvalue weighted by Gasteiger charge is -2.35. The first-order valence-electron chi connectivity index (χ1n) is 9.27. The van der Waals surface area contributed by atoms with Gasteiger partial charge in [0.05, 0.1) is 19.8 Å². The number of carbonyl (C=O) groups excluding carboxylic acids is 1. The minimum atomic E-state index is -0.227. The van der Waals surface area contributed by atoms with Crippen LogP contribution in [0.5, 0.6) is 0 Å². The van der Waals surface area contributed by atoms with Gasteiger partial charge in [0.25, 0.3) is 0 Å². The molecule has 0 aromatic rings. The lowest BCUT2D eigenvalue weighted by atomic mass is 10.1. The molecule has 0 spiro atoms. The predicted octanol–water partition coefficient (Wildman–Crippen LogP) is 0.779. The predicted molar refractivity (Wildman–Crippen MR) is 95.9 cm³/mol. The third kappa shape index (κ3) is 6.70. The van der Waals surface area contributed by atoms with Gasteiger partial charge in [0, 0.05) is 58.9 Å². The van der Waals surface area contributed by atoms with Gasteiger partial charge < -0.3 is 29.3 Å². The molecule has 2 rings (SSSR count). The Hall–Kier alpha value is -1.54. The minimum absolute atomic E-state index is 0.227. The largest absolute Gasteiger partial charge is 0.450 e. The van der Waals surface area contributed by atoms with Crippen molar-refractivity contribution in [3.63, 3.8) is 0 Å². The maximum Gasteiger partial charge on any atom is 0.409 e. The van der Waals surface area contributed by atoms with E-state index in [0.717, 1.165) is 64.9 Å². The molecule has 0 bridgehead atoms. The van der Waals surface area contributed by atoms with E-state index in [9.17, 15) is 4.79 Å². The van der Waals surface area contributed by atoms with Crippen molar-refractivity contribution in [2.24, 2.45) is 10.9 Å². The summed E-state index contributed by atoms with van der Waals surface area (Å²) >= 11 is 0. The number of nitrogens with zero attached hydrogens (tertiary/aromatic N) is 3. The SMILES string of the molecule is CCOC(=O)N1CCN(C(=NC)NCCCOCC2CCOC2)CC1. The van der Waals surface area contributed by atoms with Crippen LogP contribution in [0.3, 0.4) is 0 Å². The standard InChI is InChI=1S/C17H32N4O4/c1-3-25-17(22)21-9-7-20(8-10-21)16(18-2)19-6-4-11-23-13-15-5-12-24-14-15/h15H,3-14H2,1-2H3,(H,18,19). The van der Waals surface area contributed by atoms with E-state index in [1.807, 2.05) is 6.92 Å². The lowest BCUT2D eigenvalue weighted by Crippen LogP contribution is -2.54. The Balaban J connectivity index is 1.56. The highest BCUT2D eigenvalue weighted by Gasteiger charge is 2.23. The first-order valence-corrected chi connectivity index (χ1v) is 9.27. The summed E-state index contributed by atoms with van der Waals surface area (Å²) in [6.45, 7) is 9.15. The second-order valence-electron chi connectivity index (χ2n) is 6.31. The molecule has 0 aromatic carbocycles. The molecule has 2 saturated heterocycles. The van der Waals surface area contributed by atoms with E-state index in [4.69, 9.17) is 14.2 Å². The zero-order chi connectivity index (χ0) is 17.9. The topological polar surface area (TPSA) is 75.6 Å². The number of piperazine rings is 1. The molecule has 0 saturated carbocycles. The number of aliphatic imine (C=N–C) groups is 1. The van der Waals surface area contributed by atoms with Crippen LogP contribution in [0.4, 0.5) is 4.79 Å². The highest BCUT2D eigenvalue weighted by atomic mass is 16.6. The Labute approximate surface area is 150 Å². The van der Waals surface area contributed by atoms with Crippen LogP contribution in [0.1, 0.15) is 19.8 Å². The van der Waals surface area contributed by atoms with Gasteiger partial charge in [-0.2, -0.15) is 0 Å². The van der Waals surface area contributed by atoms with E-state index in [-0.39, 0.29) is 6.09 Å². The average molecular weight is 356 g/mol. The number of guanidine groups is 1. The van der Waals surface area contributed by atoms with Crippen molar-refractivity contribution in [2.75, 3.05) is 72.8 Å². The molecule has 0 aliphatic carbocycles. The second kappa shape index (κ2) is 11.1. The summed E-state index contributed by atoms with van der Waals surface area (Å²) in [6, 6.07) is 0. The van der Waals surface area contributed by atoms with Crippen LogP contribution < -0.4 is 5.32 Å². The summed E-state index contributed by atoms with van der Waals surface area (Å²) in [4.78, 5) is 20.0. The van der Waals surface area contributed by atoms with Crippen LogP contribution in [0.2, 0.25) is 0 Å². The molecule has 2 aliphatic rings. The number of amides is 1. The average Bonchev–Trinajstić information content (AvgIpc) is 3.15. The summed E-state index contributed by atoms with van der Waals surface area (Å²) in [5, 5.41) is 3.37. The molecular formula is C17H32N4O4. The maximum atomic E-state index is 11.7. The summed E-state index contributed by atoms with van der Waals surface area (Å²) in [5.74, 6) is 1.45. The molecule has 1 unspecified atom stereocenters. The molecule has 1 amide bonds. The van der Waals surface area contributed by atoms with Gasteiger partial charge in [0.15, 0.2) is 5.96 Å². The van der Waals surface area contributed by atoms with Gasteiger partial charge >= 0.3 is 6.09 Å². The van der Waals surface area contributed by atoms with E-state index in [0.29, 0.717) is 25.6 Å². The summed E-state index contributed by atoms with van der Waals surface area (Å²) < 4.78 is 16.1. The van der Waals surface area contributed by atoms with E-state index in [1.54, 1.807) is 11.9 Å². The maximum absolute atomic E-state index is 11.7. The molecule has 2 aliphatic heterocycles. The fraction of sp³-hybridized carbons (Fsp3) is 0.882. The fourth-order valence-corrected chi connectivity index (χ4v) is 2.99. The highest BCUT2D eigenvalue weighted by Crippen LogP contribution is 2.12. The zero-order valence-corrected chi connectivity index (χ0v) is 15.5. The smallest absolute Gasteiger partial charge is 0.409 e. The van der Waals surface area contributed by atoms with Gasteiger partial charge in [-0.15, -0.1) is 0 Å². The number of rotatable bonds is 7. The molecule has 0 aromatic heterocycles. The Morgan fingerprint density at radius 3 is 2.68 bits per heavy atom. The zero-order valence-electron chi connectivity index (χ0n) is 15.5. The van der Waals surface area contributed by atoms with Crippen molar-refractivity contribution < 1.29 is 19.0 Å². The molecule has 25 heavy (non-hydrogen) atoms. The molecule has 2 heterocycles. The van der Waals surface area contributed by atoms with Gasteiger partial charge in [0.2, 0.25) is 0 Å². The normalized spacial score (nSPS) is 21.5. The van der Waals surface area contributed by atoms with E-state index in [1.165, 1.54) is 0 Å². The molecular weight excluding hydrogens is 324 g/mol. The van der Waals surface area contributed by atoms with Crippen molar-refractivity contribution in [3.8, 4) is 0 Å². The Kier molecular flexibility index (Phi) is 8.82. The van der Waals surface area contributed by atoms with Gasteiger partial charge in [-0.05, 0) is 19.8 Å². The molecule has 1 atom stereocenters. The Morgan fingerprint density at radius 1 is 1.28 bits per heavy atom. The van der Waals surface area contributed by atoms with Gasteiger partial charge in [-0.1, -0.05) is 0 Å². The van der Waals surface area contributed by atoms with Gasteiger partial charge in [-0.3, -0.25) is 4.99 Å². The number of nitrogens with one attached hydrogen (secondary N) is 1. The molecule has 144 valence electrons. The summed E-state index contributed by atoms with van der Waals surface area (Å²) in [5.41, 5.74) is 0. The fourth-order valence-electron chi connectivity index (χ4n) is 2.99. The highest BCUT2D eigenvalue weighted by molar-refractivity contribution is 5.80. The first-order chi connectivity index (χ1) is 12.2. The quantitative estimate of drug-likeness (QED) is 0.413. The number of hydrogen-bond acceptors (Lipinski definition) is 5. The van der Waals surface area contributed by atoms with Crippen molar-refractivity contribution in [2.45, 2.75) is 19.8 Å². The van der Waals surface area contributed by atoms with Gasteiger partial charge in [-0.25, -0.2) is 4.79 Å². The van der Waals surface area contributed by atoms with Crippen LogP contribution in [0.15, 0.2) is 4.99 Å². The number of carbonyl (C=O) groups is 1. The third-order valence-corrected chi connectivity index (χ3v) is 4.44. The number of ether oxygens (including phenoxy) is 3.